The zero-order valence-corrected chi connectivity index (χ0v) is 39.0. The van der Waals surface area contributed by atoms with Crippen LogP contribution in [0.25, 0.3) is 0 Å². The van der Waals surface area contributed by atoms with E-state index in [0.717, 1.165) is 116 Å². The number of allylic oxidation sites excluding steroid dienone is 19. The van der Waals surface area contributed by atoms with E-state index in [9.17, 15) is 30.3 Å². The number of aliphatic hydroxyl groups excluding tert-OH is 5. The van der Waals surface area contributed by atoms with Gasteiger partial charge in [-0.3, -0.25) is 4.79 Å². The smallest absolute Gasteiger partial charge is 0.220 e. The average Bonchev–Trinajstić information content (AvgIpc) is 3.28. The van der Waals surface area contributed by atoms with Crippen molar-refractivity contribution in [1.29, 1.82) is 0 Å². The summed E-state index contributed by atoms with van der Waals surface area (Å²) in [7, 11) is 0. The quantitative estimate of drug-likeness (QED) is 0.0265. The monoisotopic (exact) mass is 878 g/mol. The minimum atomic E-state index is -1.58. The van der Waals surface area contributed by atoms with Crippen molar-refractivity contribution in [3.8, 4) is 0 Å². The number of amides is 1. The summed E-state index contributed by atoms with van der Waals surface area (Å²) < 4.78 is 11.2. The molecule has 1 rings (SSSR count). The van der Waals surface area contributed by atoms with Gasteiger partial charge >= 0.3 is 0 Å². The van der Waals surface area contributed by atoms with E-state index in [0.29, 0.717) is 6.42 Å². The molecule has 9 heteroatoms. The van der Waals surface area contributed by atoms with Gasteiger partial charge in [0, 0.05) is 6.42 Å². The highest BCUT2D eigenvalue weighted by Crippen LogP contribution is 2.22. The maximum absolute atomic E-state index is 13.0. The molecular weight excluding hydrogens is 791 g/mol. The summed E-state index contributed by atoms with van der Waals surface area (Å²) in [4.78, 5) is 13.0. The molecule has 0 aromatic rings. The summed E-state index contributed by atoms with van der Waals surface area (Å²) in [6, 6.07) is -0.841. The zero-order chi connectivity index (χ0) is 45.9. The van der Waals surface area contributed by atoms with Crippen molar-refractivity contribution >= 4 is 5.91 Å². The van der Waals surface area contributed by atoms with Crippen molar-refractivity contribution in [2.24, 2.45) is 0 Å². The highest BCUT2D eigenvalue weighted by Gasteiger charge is 2.44. The second-order valence-corrected chi connectivity index (χ2v) is 16.1. The maximum Gasteiger partial charge on any atom is 0.220 e. The molecule has 9 nitrogen and oxygen atoms in total. The average molecular weight is 878 g/mol. The number of rotatable bonds is 38. The Hall–Kier alpha value is -3.41. The molecule has 356 valence electrons. The van der Waals surface area contributed by atoms with Gasteiger partial charge in [-0.15, -0.1) is 0 Å². The fourth-order valence-corrected chi connectivity index (χ4v) is 6.64. The predicted octanol–water partition coefficient (Wildman–Crippen LogP) is 10.8. The van der Waals surface area contributed by atoms with Crippen molar-refractivity contribution < 1.29 is 39.8 Å². The van der Waals surface area contributed by atoms with Gasteiger partial charge in [-0.05, 0) is 96.3 Å². The molecule has 0 aromatic heterocycles. The van der Waals surface area contributed by atoms with Gasteiger partial charge in [0.1, 0.15) is 24.4 Å². The van der Waals surface area contributed by atoms with Crippen LogP contribution in [0.3, 0.4) is 0 Å². The van der Waals surface area contributed by atoms with Crippen molar-refractivity contribution in [3.63, 3.8) is 0 Å². The van der Waals surface area contributed by atoms with Gasteiger partial charge in [-0.2, -0.15) is 0 Å². The Morgan fingerprint density at radius 3 is 1.51 bits per heavy atom. The molecule has 0 spiro atoms. The summed E-state index contributed by atoms with van der Waals surface area (Å²) >= 11 is 0. The van der Waals surface area contributed by atoms with Crippen molar-refractivity contribution in [3.05, 3.63) is 122 Å². The Morgan fingerprint density at radius 1 is 0.556 bits per heavy atom. The maximum atomic E-state index is 13.0. The summed E-state index contributed by atoms with van der Waals surface area (Å²) in [5.41, 5.74) is 0. The molecule has 0 bridgehead atoms. The minimum Gasteiger partial charge on any atom is -0.394 e. The Labute approximate surface area is 382 Å². The number of carbonyl (C=O) groups is 1. The Kier molecular flexibility index (Phi) is 38.9. The molecule has 7 unspecified atom stereocenters. The molecule has 6 N–H and O–H groups in total. The third kappa shape index (κ3) is 32.8. The number of nitrogens with one attached hydrogen (secondary N) is 1. The van der Waals surface area contributed by atoms with E-state index in [1.54, 1.807) is 6.08 Å². The molecule has 0 aromatic carbocycles. The van der Waals surface area contributed by atoms with E-state index in [-0.39, 0.29) is 12.5 Å². The molecule has 1 amide bonds. The first-order valence-electron chi connectivity index (χ1n) is 24.3. The van der Waals surface area contributed by atoms with Crippen molar-refractivity contribution in [2.75, 3.05) is 13.2 Å². The third-order valence-corrected chi connectivity index (χ3v) is 10.5. The van der Waals surface area contributed by atoms with Gasteiger partial charge in [-0.1, -0.05) is 174 Å². The second-order valence-electron chi connectivity index (χ2n) is 16.1. The summed E-state index contributed by atoms with van der Waals surface area (Å²) in [5.74, 6) is -0.212. The van der Waals surface area contributed by atoms with Crippen LogP contribution in [0.4, 0.5) is 0 Å². The third-order valence-electron chi connectivity index (χ3n) is 10.5. The molecule has 1 fully saturated rings. The van der Waals surface area contributed by atoms with Gasteiger partial charge in [-0.25, -0.2) is 0 Å². The van der Waals surface area contributed by atoms with E-state index < -0.39 is 49.5 Å². The lowest BCUT2D eigenvalue weighted by Crippen LogP contribution is -2.60. The van der Waals surface area contributed by atoms with Crippen molar-refractivity contribution in [2.45, 2.75) is 198 Å². The molecule has 1 aliphatic rings. The summed E-state index contributed by atoms with van der Waals surface area (Å²) in [6.07, 6.45) is 56.8. The fourth-order valence-electron chi connectivity index (χ4n) is 6.64. The number of carbonyl (C=O) groups excluding carboxylic acids is 1. The Morgan fingerprint density at radius 2 is 1.00 bits per heavy atom. The SMILES string of the molecule is CC/C=C\C/C=C\C/C=C\C/C=C\C/C=C\C/C=C\C/C=C\CCCCCCCCCC(=O)NC(COC1OC(CO)C(O)C(O)C1O)C(O)/C=C/CC/C=C/CC/C=C/CCC. The largest absolute Gasteiger partial charge is 0.394 e. The van der Waals surface area contributed by atoms with Gasteiger partial charge in [0.15, 0.2) is 6.29 Å². The van der Waals surface area contributed by atoms with Gasteiger partial charge in [0.25, 0.3) is 0 Å². The standard InChI is InChI=1S/C54H87NO8/c1-3-5-7-9-11-13-15-16-17-18-19-20-21-22-23-24-25-26-27-28-29-30-31-32-34-36-38-40-42-44-50(58)55-47(46-62-54-53(61)52(60)51(59)49(45-56)63-54)48(57)43-41-39-37-35-33-14-12-10-8-6-4-2/h5,7-8,10-11,13,16-17,19-20,22-23,25-26,28-29,33,35,41,43,47-49,51-54,56-57,59-61H,3-4,6,9,12,14-15,18,21,24,27,30-32,34,36-40,42,44-46H2,1-2H3,(H,55,58)/b7-5-,10-8+,13-11-,17-16-,20-19-,23-22-,26-25-,29-28-,35-33+,43-41+. The van der Waals surface area contributed by atoms with Crippen molar-refractivity contribution in [1.82, 2.24) is 5.32 Å². The minimum absolute atomic E-state index is 0.212. The van der Waals surface area contributed by atoms with E-state index in [1.807, 2.05) is 6.08 Å². The molecule has 1 saturated heterocycles. The number of aliphatic hydroxyl groups is 5. The fraction of sp³-hybridized carbons (Fsp3) is 0.611. The molecule has 0 radical (unpaired) electrons. The van der Waals surface area contributed by atoms with Crippen LogP contribution in [0.1, 0.15) is 155 Å². The topological polar surface area (TPSA) is 149 Å². The first kappa shape index (κ1) is 57.6. The number of ether oxygens (including phenoxy) is 2. The van der Waals surface area contributed by atoms with Gasteiger partial charge < -0.3 is 40.3 Å². The summed E-state index contributed by atoms with van der Waals surface area (Å²) in [6.45, 7) is 3.52. The van der Waals surface area contributed by atoms with E-state index in [4.69, 9.17) is 9.47 Å². The molecule has 7 atom stereocenters. The number of hydrogen-bond donors (Lipinski definition) is 6. The lowest BCUT2D eigenvalue weighted by Gasteiger charge is -2.40. The molecular formula is C54H87NO8. The van der Waals surface area contributed by atoms with Crippen LogP contribution < -0.4 is 5.32 Å². The van der Waals surface area contributed by atoms with E-state index >= 15 is 0 Å². The first-order valence-corrected chi connectivity index (χ1v) is 24.3. The van der Waals surface area contributed by atoms with Crippen LogP contribution in [-0.2, 0) is 14.3 Å². The Bertz CT molecular complexity index is 1390. The predicted molar refractivity (Wildman–Crippen MR) is 262 cm³/mol. The lowest BCUT2D eigenvalue weighted by atomic mass is 9.99. The van der Waals surface area contributed by atoms with Crippen LogP contribution in [0, 0.1) is 0 Å². The van der Waals surface area contributed by atoms with Gasteiger partial charge in [0.2, 0.25) is 5.91 Å². The first-order chi connectivity index (χ1) is 30.8. The second kappa shape index (κ2) is 42.5. The normalized spacial score (nSPS) is 21.3. The number of hydrogen-bond acceptors (Lipinski definition) is 8. The molecule has 1 heterocycles. The van der Waals surface area contributed by atoms with Crippen LogP contribution in [-0.4, -0.2) is 87.5 Å². The van der Waals surface area contributed by atoms with E-state index in [1.165, 1.54) is 19.3 Å². The molecule has 63 heavy (non-hydrogen) atoms. The summed E-state index contributed by atoms with van der Waals surface area (Å²) in [5, 5.41) is 54.1. The van der Waals surface area contributed by atoms with Crippen LogP contribution >= 0.6 is 0 Å². The Balaban J connectivity index is 2.28. The molecule has 1 aliphatic heterocycles. The lowest BCUT2D eigenvalue weighted by molar-refractivity contribution is -0.302. The van der Waals surface area contributed by atoms with Crippen LogP contribution in [0.2, 0.25) is 0 Å². The molecule has 0 saturated carbocycles. The highest BCUT2D eigenvalue weighted by molar-refractivity contribution is 5.76. The van der Waals surface area contributed by atoms with Crippen LogP contribution in [0.5, 0.6) is 0 Å². The molecule has 0 aliphatic carbocycles. The zero-order valence-electron chi connectivity index (χ0n) is 39.0. The highest BCUT2D eigenvalue weighted by atomic mass is 16.7. The number of unbranched alkanes of at least 4 members (excludes halogenated alkanes) is 10. The van der Waals surface area contributed by atoms with E-state index in [2.05, 4.69) is 129 Å². The van der Waals surface area contributed by atoms with Gasteiger partial charge in [0.05, 0.1) is 25.4 Å². The van der Waals surface area contributed by atoms with Crippen LogP contribution in [0.15, 0.2) is 122 Å².